The van der Waals surface area contributed by atoms with Crippen molar-refractivity contribution in [3.63, 3.8) is 0 Å². The Morgan fingerprint density at radius 2 is 1.89 bits per heavy atom. The minimum absolute atomic E-state index is 0.0493. The van der Waals surface area contributed by atoms with Crippen LogP contribution >= 0.6 is 0 Å². The molecule has 0 unspecified atom stereocenters. The molecule has 7 heteroatoms. The molecule has 27 heavy (non-hydrogen) atoms. The molecule has 0 heterocycles. The first-order valence-electron chi connectivity index (χ1n) is 8.59. The lowest BCUT2D eigenvalue weighted by molar-refractivity contribution is -0.136. The quantitative estimate of drug-likeness (QED) is 0.584. The van der Waals surface area contributed by atoms with Gasteiger partial charge in [0, 0.05) is 24.9 Å². The summed E-state index contributed by atoms with van der Waals surface area (Å²) >= 11 is 0. The van der Waals surface area contributed by atoms with E-state index in [9.17, 15) is 9.59 Å². The van der Waals surface area contributed by atoms with Crippen molar-refractivity contribution in [2.45, 2.75) is 19.8 Å². The highest BCUT2D eigenvalue weighted by Crippen LogP contribution is 2.22. The zero-order chi connectivity index (χ0) is 19.6. The average molecular weight is 372 g/mol. The highest BCUT2D eigenvalue weighted by molar-refractivity contribution is 6.00. The van der Waals surface area contributed by atoms with Crippen molar-refractivity contribution < 1.29 is 24.2 Å². The highest BCUT2D eigenvalue weighted by Gasteiger charge is 2.07. The molecule has 0 atom stereocenters. The number of methoxy groups -OCH3 is 1. The molecule has 0 aliphatic carbocycles. The van der Waals surface area contributed by atoms with E-state index in [4.69, 9.17) is 14.6 Å². The molecule has 0 radical (unpaired) electrons. The maximum Gasteiger partial charge on any atom is 0.323 e. The Kier molecular flexibility index (Phi) is 7.63. The smallest absolute Gasteiger partial charge is 0.323 e. The number of amides is 2. The van der Waals surface area contributed by atoms with Crippen LogP contribution < -0.4 is 15.4 Å². The Morgan fingerprint density at radius 3 is 2.59 bits per heavy atom. The molecule has 3 N–H and O–H groups in total. The monoisotopic (exact) mass is 372 g/mol. The van der Waals surface area contributed by atoms with Gasteiger partial charge in [0.25, 0.3) is 0 Å². The number of hydrogen-bond donors (Lipinski definition) is 3. The van der Waals surface area contributed by atoms with Gasteiger partial charge in [-0.2, -0.15) is 0 Å². The molecular formula is C20H24N2O5. The lowest BCUT2D eigenvalue weighted by Gasteiger charge is -2.12. The van der Waals surface area contributed by atoms with E-state index in [-0.39, 0.29) is 12.5 Å². The van der Waals surface area contributed by atoms with Crippen LogP contribution in [0, 0.1) is 6.92 Å². The van der Waals surface area contributed by atoms with E-state index >= 15 is 0 Å². The Balaban J connectivity index is 1.93. The fourth-order valence-corrected chi connectivity index (χ4v) is 2.45. The number of carboxylic acid groups (broad SMARTS) is 1. The highest BCUT2D eigenvalue weighted by atomic mass is 16.5. The molecule has 0 aromatic heterocycles. The summed E-state index contributed by atoms with van der Waals surface area (Å²) in [6.45, 7) is 2.85. The van der Waals surface area contributed by atoms with E-state index < -0.39 is 5.97 Å². The molecule has 0 saturated heterocycles. The summed E-state index contributed by atoms with van der Waals surface area (Å²) in [5, 5.41) is 14.3. The number of benzene rings is 2. The van der Waals surface area contributed by atoms with Crippen molar-refractivity contribution in [1.29, 1.82) is 0 Å². The van der Waals surface area contributed by atoms with Gasteiger partial charge in [-0.25, -0.2) is 4.79 Å². The van der Waals surface area contributed by atoms with E-state index in [0.29, 0.717) is 36.8 Å². The van der Waals surface area contributed by atoms with Crippen LogP contribution in [-0.4, -0.2) is 37.4 Å². The lowest BCUT2D eigenvalue weighted by atomic mass is 10.1. The van der Waals surface area contributed by atoms with E-state index in [2.05, 4.69) is 10.6 Å². The van der Waals surface area contributed by atoms with E-state index in [0.717, 1.165) is 11.1 Å². The molecule has 0 saturated carbocycles. The number of ether oxygens (including phenoxy) is 2. The second kappa shape index (κ2) is 10.2. The minimum Gasteiger partial charge on any atom is -0.491 e. The summed E-state index contributed by atoms with van der Waals surface area (Å²) in [4.78, 5) is 22.9. The molecule has 2 rings (SSSR count). The van der Waals surface area contributed by atoms with Gasteiger partial charge in [-0.1, -0.05) is 12.1 Å². The largest absolute Gasteiger partial charge is 0.491 e. The van der Waals surface area contributed by atoms with E-state index in [1.54, 1.807) is 37.4 Å². The number of carbonyl (C=O) groups is 2. The van der Waals surface area contributed by atoms with Crippen LogP contribution in [0.5, 0.6) is 5.75 Å². The first kappa shape index (κ1) is 20.3. The molecule has 2 aromatic rings. The maximum atomic E-state index is 12.2. The zero-order valence-electron chi connectivity index (χ0n) is 15.5. The molecule has 144 valence electrons. The van der Waals surface area contributed by atoms with Gasteiger partial charge in [-0.3, -0.25) is 4.79 Å². The zero-order valence-corrected chi connectivity index (χ0v) is 15.5. The fraction of sp³-hybridized carbons (Fsp3) is 0.300. The van der Waals surface area contributed by atoms with Gasteiger partial charge in [-0.05, 0) is 54.8 Å². The number of aliphatic carboxylic acids is 1. The first-order chi connectivity index (χ1) is 13.0. The van der Waals surface area contributed by atoms with Crippen molar-refractivity contribution in [3.05, 3.63) is 53.6 Å². The third-order valence-electron chi connectivity index (χ3n) is 3.81. The summed E-state index contributed by atoms with van der Waals surface area (Å²) in [6.07, 6.45) is 0.462. The number of aryl methyl sites for hydroxylation is 2. The van der Waals surface area contributed by atoms with E-state index in [1.165, 1.54) is 0 Å². The molecule has 2 amide bonds. The third kappa shape index (κ3) is 6.99. The summed E-state index contributed by atoms with van der Waals surface area (Å²) in [7, 11) is 1.61. The predicted molar refractivity (Wildman–Crippen MR) is 104 cm³/mol. The van der Waals surface area contributed by atoms with Crippen LogP contribution in [0.3, 0.4) is 0 Å². The van der Waals surface area contributed by atoms with Crippen LogP contribution in [0.4, 0.5) is 16.2 Å². The van der Waals surface area contributed by atoms with Gasteiger partial charge in [0.05, 0.1) is 6.61 Å². The molecular weight excluding hydrogens is 348 g/mol. The minimum atomic E-state index is -0.851. The van der Waals surface area contributed by atoms with Gasteiger partial charge in [-0.15, -0.1) is 0 Å². The summed E-state index contributed by atoms with van der Waals surface area (Å²) in [6, 6.07) is 12.2. The Labute approximate surface area is 158 Å². The number of anilines is 2. The average Bonchev–Trinajstić information content (AvgIpc) is 2.63. The Bertz CT molecular complexity index is 792. The molecule has 7 nitrogen and oxygen atoms in total. The van der Waals surface area contributed by atoms with Crippen LogP contribution in [0.1, 0.15) is 17.5 Å². The molecule has 0 bridgehead atoms. The number of hydrogen-bond acceptors (Lipinski definition) is 4. The van der Waals surface area contributed by atoms with Crippen molar-refractivity contribution in [2.75, 3.05) is 31.0 Å². The Hall–Kier alpha value is -3.06. The number of carbonyl (C=O) groups excluding carboxylic acids is 1. The van der Waals surface area contributed by atoms with Gasteiger partial charge in [0.2, 0.25) is 0 Å². The maximum absolute atomic E-state index is 12.2. The van der Waals surface area contributed by atoms with Crippen molar-refractivity contribution in [1.82, 2.24) is 0 Å². The number of carboxylic acids is 1. The van der Waals surface area contributed by atoms with Crippen LogP contribution in [-0.2, 0) is 16.0 Å². The van der Waals surface area contributed by atoms with Crippen LogP contribution in [0.25, 0.3) is 0 Å². The fourth-order valence-electron chi connectivity index (χ4n) is 2.45. The molecule has 0 spiro atoms. The van der Waals surface area contributed by atoms with Gasteiger partial charge in [0.15, 0.2) is 0 Å². The topological polar surface area (TPSA) is 96.9 Å². The molecule has 0 fully saturated rings. The second-order valence-electron chi connectivity index (χ2n) is 5.99. The predicted octanol–water partition coefficient (Wildman–Crippen LogP) is 3.68. The standard InChI is InChI=1S/C20H24N2O5/c1-14-12-17(27-11-10-26-2)7-8-18(14)22-20(25)21-16-5-3-4-15(13-16)6-9-19(23)24/h3-5,7-8,12-13H,6,9-11H2,1-2H3,(H,23,24)(H2,21,22,25). The van der Waals surface area contributed by atoms with Gasteiger partial charge >= 0.3 is 12.0 Å². The summed E-state index contributed by atoms with van der Waals surface area (Å²) in [5.74, 6) is -0.141. The van der Waals surface area contributed by atoms with E-state index in [1.807, 2.05) is 19.1 Å². The van der Waals surface area contributed by atoms with Crippen molar-refractivity contribution >= 4 is 23.4 Å². The first-order valence-corrected chi connectivity index (χ1v) is 8.59. The summed E-state index contributed by atoms with van der Waals surface area (Å²) < 4.78 is 10.5. The normalized spacial score (nSPS) is 10.3. The SMILES string of the molecule is COCCOc1ccc(NC(=O)Nc2cccc(CCC(=O)O)c2)c(C)c1. The number of urea groups is 1. The summed E-state index contributed by atoms with van der Waals surface area (Å²) in [5.41, 5.74) is 3.00. The number of rotatable bonds is 9. The lowest BCUT2D eigenvalue weighted by Crippen LogP contribution is -2.20. The molecule has 0 aliphatic heterocycles. The van der Waals surface area contributed by atoms with Crippen molar-refractivity contribution in [3.8, 4) is 5.75 Å². The van der Waals surface area contributed by atoms with Gasteiger partial charge < -0.3 is 25.2 Å². The van der Waals surface area contributed by atoms with Crippen molar-refractivity contribution in [2.24, 2.45) is 0 Å². The van der Waals surface area contributed by atoms with Crippen LogP contribution in [0.15, 0.2) is 42.5 Å². The Morgan fingerprint density at radius 1 is 1.07 bits per heavy atom. The van der Waals surface area contributed by atoms with Gasteiger partial charge in [0.1, 0.15) is 12.4 Å². The number of nitrogens with one attached hydrogen (secondary N) is 2. The van der Waals surface area contributed by atoms with Crippen LogP contribution in [0.2, 0.25) is 0 Å². The third-order valence-corrected chi connectivity index (χ3v) is 3.81. The molecule has 2 aromatic carbocycles. The molecule has 0 aliphatic rings. The second-order valence-corrected chi connectivity index (χ2v) is 5.99.